The van der Waals surface area contributed by atoms with Gasteiger partial charge in [-0.3, -0.25) is 24.5 Å². The summed E-state index contributed by atoms with van der Waals surface area (Å²) in [4.78, 5) is 29.5. The van der Waals surface area contributed by atoms with E-state index in [-0.39, 0.29) is 42.2 Å². The standard InChI is InChI=1S/C41H58BN5O5/c1-27(46-23-25-47(26-24-46)34-15-9-13-31-37(44-45(7)38(31)34)32-21-22-36(48)43-39(32)49)11-8-12-29-17-19-30(20-18-29)50-35-16-10-14-33(28(35)2)42-51-40(3,4)41(5,6)52-42/h9-10,13-16,27,29-30,32H,8,11-12,17-26H2,1-7H3,(H,43,48,49). The monoisotopic (exact) mass is 711 g/mol. The molecule has 1 saturated carbocycles. The third-order valence-electron chi connectivity index (χ3n) is 12.9. The van der Waals surface area contributed by atoms with E-state index in [9.17, 15) is 9.59 Å². The van der Waals surface area contributed by atoms with Crippen molar-refractivity contribution in [1.82, 2.24) is 20.0 Å². The molecular formula is C41H58BN5O5. The highest BCUT2D eigenvalue weighted by Crippen LogP contribution is 2.38. The Balaban J connectivity index is 0.855. The van der Waals surface area contributed by atoms with Crippen LogP contribution < -0.4 is 20.4 Å². The van der Waals surface area contributed by atoms with Crippen molar-refractivity contribution >= 4 is 41.0 Å². The molecular weight excluding hydrogens is 653 g/mol. The molecule has 280 valence electrons. The molecule has 2 atom stereocenters. The number of benzene rings is 2. The number of carbonyl (C=O) groups excluding carboxylic acids is 2. The molecule has 0 radical (unpaired) electrons. The quantitative estimate of drug-likeness (QED) is 0.202. The highest BCUT2D eigenvalue weighted by atomic mass is 16.7. The smallest absolute Gasteiger partial charge is 0.490 e. The number of imide groups is 1. The second kappa shape index (κ2) is 14.8. The molecule has 52 heavy (non-hydrogen) atoms. The van der Waals surface area contributed by atoms with Crippen molar-refractivity contribution in [2.24, 2.45) is 13.0 Å². The summed E-state index contributed by atoms with van der Waals surface area (Å²) in [6, 6.07) is 13.1. The van der Waals surface area contributed by atoms with Crippen molar-refractivity contribution in [2.45, 2.75) is 129 Å². The summed E-state index contributed by atoms with van der Waals surface area (Å²) >= 11 is 0. The predicted molar refractivity (Wildman–Crippen MR) is 206 cm³/mol. The first kappa shape index (κ1) is 36.9. The number of piperazine rings is 1. The van der Waals surface area contributed by atoms with E-state index in [0.717, 1.165) is 78.3 Å². The Labute approximate surface area is 310 Å². The van der Waals surface area contributed by atoms with Gasteiger partial charge in [-0.25, -0.2) is 0 Å². The second-order valence-corrected chi connectivity index (χ2v) is 16.8. The molecule has 2 aromatic carbocycles. The zero-order valence-electron chi connectivity index (χ0n) is 32.4. The number of carbonyl (C=O) groups is 2. The molecule has 1 aromatic heterocycles. The van der Waals surface area contributed by atoms with Crippen LogP contribution in [0.2, 0.25) is 0 Å². The lowest BCUT2D eigenvalue weighted by molar-refractivity contribution is -0.134. The zero-order valence-corrected chi connectivity index (χ0v) is 32.4. The van der Waals surface area contributed by atoms with Crippen LogP contribution in [0.1, 0.15) is 110 Å². The Morgan fingerprint density at radius 2 is 1.65 bits per heavy atom. The third kappa shape index (κ3) is 7.38. The molecule has 7 rings (SSSR count). The largest absolute Gasteiger partial charge is 0.495 e. The van der Waals surface area contributed by atoms with Crippen molar-refractivity contribution < 1.29 is 23.6 Å². The van der Waals surface area contributed by atoms with Crippen LogP contribution in [-0.2, 0) is 25.9 Å². The van der Waals surface area contributed by atoms with Crippen LogP contribution in [0.4, 0.5) is 5.69 Å². The van der Waals surface area contributed by atoms with Gasteiger partial charge in [0.15, 0.2) is 0 Å². The zero-order chi connectivity index (χ0) is 36.8. The molecule has 1 N–H and O–H groups in total. The molecule has 11 heteroatoms. The van der Waals surface area contributed by atoms with Crippen molar-refractivity contribution in [3.05, 3.63) is 47.7 Å². The first-order valence-electron chi connectivity index (χ1n) is 19.7. The van der Waals surface area contributed by atoms with Crippen LogP contribution in [0.15, 0.2) is 36.4 Å². The van der Waals surface area contributed by atoms with E-state index >= 15 is 0 Å². The number of aromatic nitrogens is 2. The number of piperidine rings is 1. The van der Waals surface area contributed by atoms with Crippen LogP contribution in [0.5, 0.6) is 5.75 Å². The van der Waals surface area contributed by atoms with Gasteiger partial charge in [0, 0.05) is 51.1 Å². The normalized spacial score (nSPS) is 25.8. The number of ether oxygens (including phenoxy) is 1. The molecule has 0 spiro atoms. The topological polar surface area (TPSA) is 98.2 Å². The molecule has 0 bridgehead atoms. The van der Waals surface area contributed by atoms with Gasteiger partial charge in [0.1, 0.15) is 5.75 Å². The van der Waals surface area contributed by atoms with Crippen LogP contribution >= 0.6 is 0 Å². The van der Waals surface area contributed by atoms with Crippen LogP contribution in [0.3, 0.4) is 0 Å². The molecule has 1 aliphatic carbocycles. The Bertz CT molecular complexity index is 1760. The first-order chi connectivity index (χ1) is 24.8. The highest BCUT2D eigenvalue weighted by molar-refractivity contribution is 6.62. The number of hydrogen-bond donors (Lipinski definition) is 1. The van der Waals surface area contributed by atoms with Gasteiger partial charge in [0.2, 0.25) is 11.8 Å². The van der Waals surface area contributed by atoms with E-state index in [0.29, 0.717) is 18.9 Å². The average molecular weight is 712 g/mol. The number of nitrogens with zero attached hydrogens (tertiary/aromatic N) is 4. The van der Waals surface area contributed by atoms with Crippen LogP contribution in [0.25, 0.3) is 10.9 Å². The highest BCUT2D eigenvalue weighted by Gasteiger charge is 2.52. The van der Waals surface area contributed by atoms with Gasteiger partial charge in [-0.1, -0.05) is 37.1 Å². The van der Waals surface area contributed by atoms with Crippen molar-refractivity contribution in [1.29, 1.82) is 0 Å². The maximum atomic E-state index is 12.7. The fourth-order valence-electron chi connectivity index (χ4n) is 8.80. The number of anilines is 1. The number of rotatable bonds is 10. The summed E-state index contributed by atoms with van der Waals surface area (Å²) in [5.74, 6) is 0.914. The molecule has 10 nitrogen and oxygen atoms in total. The van der Waals surface area contributed by atoms with E-state index < -0.39 is 0 Å². The van der Waals surface area contributed by atoms with E-state index in [1.165, 1.54) is 37.8 Å². The summed E-state index contributed by atoms with van der Waals surface area (Å²) < 4.78 is 21.2. The minimum atomic E-state index is -0.390. The maximum absolute atomic E-state index is 12.7. The number of amides is 2. The first-order valence-corrected chi connectivity index (χ1v) is 19.7. The summed E-state index contributed by atoms with van der Waals surface area (Å²) in [6.07, 6.45) is 9.61. The Morgan fingerprint density at radius 3 is 2.35 bits per heavy atom. The predicted octanol–water partition coefficient (Wildman–Crippen LogP) is 6.02. The molecule has 3 aliphatic heterocycles. The summed E-state index contributed by atoms with van der Waals surface area (Å²) in [6.45, 7) is 16.9. The SMILES string of the molecule is Cc1c(OC2CCC(CCCC(C)N3CCN(c4cccc5c(C6CCC(=O)NC6=O)nn(C)c45)CC3)CC2)cccc1B1OC(C)(C)C(C)(C)O1. The third-order valence-corrected chi connectivity index (χ3v) is 12.9. The van der Waals surface area contributed by atoms with Gasteiger partial charge < -0.3 is 18.9 Å². The number of hydrogen-bond acceptors (Lipinski definition) is 8. The van der Waals surface area contributed by atoms with E-state index in [2.05, 4.69) is 93.1 Å². The molecule has 3 saturated heterocycles. The minimum absolute atomic E-state index is 0.198. The molecule has 4 aliphatic rings. The molecule has 4 heterocycles. The molecule has 3 aromatic rings. The van der Waals surface area contributed by atoms with Crippen molar-refractivity contribution in [3.63, 3.8) is 0 Å². The van der Waals surface area contributed by atoms with Crippen LogP contribution in [0, 0.1) is 12.8 Å². The summed E-state index contributed by atoms with van der Waals surface area (Å²) in [5.41, 5.74) is 4.46. The van der Waals surface area contributed by atoms with Gasteiger partial charge in [0.25, 0.3) is 0 Å². The Kier molecular flexibility index (Phi) is 10.5. The van der Waals surface area contributed by atoms with Crippen molar-refractivity contribution in [3.8, 4) is 5.75 Å². The van der Waals surface area contributed by atoms with E-state index in [1.807, 2.05) is 11.7 Å². The van der Waals surface area contributed by atoms with Gasteiger partial charge >= 0.3 is 7.12 Å². The minimum Gasteiger partial charge on any atom is -0.490 e. The Morgan fingerprint density at radius 1 is 0.962 bits per heavy atom. The summed E-state index contributed by atoms with van der Waals surface area (Å²) in [7, 11) is 1.58. The van der Waals surface area contributed by atoms with E-state index in [1.54, 1.807) is 0 Å². The number of aryl methyl sites for hydroxylation is 1. The second-order valence-electron chi connectivity index (χ2n) is 16.8. The number of nitrogens with one attached hydrogen (secondary N) is 1. The number of fused-ring (bicyclic) bond motifs is 1. The van der Waals surface area contributed by atoms with Crippen LogP contribution in [-0.4, -0.2) is 83.1 Å². The van der Waals surface area contributed by atoms with Crippen molar-refractivity contribution in [2.75, 3.05) is 31.1 Å². The lowest BCUT2D eigenvalue weighted by atomic mass is 9.76. The molecule has 2 amide bonds. The van der Waals surface area contributed by atoms with Gasteiger partial charge in [-0.15, -0.1) is 0 Å². The molecule has 4 fully saturated rings. The fourth-order valence-corrected chi connectivity index (χ4v) is 8.80. The van der Waals surface area contributed by atoms with E-state index in [4.69, 9.17) is 19.1 Å². The van der Waals surface area contributed by atoms with Gasteiger partial charge in [-0.05, 0) is 109 Å². The lowest BCUT2D eigenvalue weighted by Gasteiger charge is -2.39. The lowest BCUT2D eigenvalue weighted by Crippen LogP contribution is -2.49. The van der Waals surface area contributed by atoms with Gasteiger partial charge in [0.05, 0.1) is 40.1 Å². The van der Waals surface area contributed by atoms with Gasteiger partial charge in [-0.2, -0.15) is 5.10 Å². The summed E-state index contributed by atoms with van der Waals surface area (Å²) in [5, 5.41) is 8.31. The number of para-hydroxylation sites is 1. The molecule has 2 unspecified atom stereocenters. The average Bonchev–Trinajstić information content (AvgIpc) is 3.56. The Hall–Kier alpha value is -3.41. The maximum Gasteiger partial charge on any atom is 0.495 e. The fraction of sp³-hybridized carbons (Fsp3) is 0.634.